The minimum Gasteiger partial charge on any atom is -0.462 e. The Morgan fingerprint density at radius 3 is 2.80 bits per heavy atom. The molecule has 0 bridgehead atoms. The van der Waals surface area contributed by atoms with Gasteiger partial charge in [-0.1, -0.05) is 23.5 Å². The number of nitrogens with one attached hydrogen (secondary N) is 1. The molecule has 0 unspecified atom stereocenters. The fourth-order valence-corrected chi connectivity index (χ4v) is 3.36. The van der Waals surface area contributed by atoms with Crippen LogP contribution in [-0.4, -0.2) is 27.5 Å². The maximum atomic E-state index is 11.8. The van der Waals surface area contributed by atoms with E-state index < -0.39 is 0 Å². The number of anilines is 2. The number of nitrogens with zero attached hydrogens (tertiary/aromatic N) is 3. The van der Waals surface area contributed by atoms with E-state index in [2.05, 4.69) is 20.3 Å². The molecule has 0 saturated heterocycles. The monoisotopic (exact) mass is 350 g/mol. The highest BCUT2D eigenvalue weighted by Gasteiger charge is 2.11. The van der Waals surface area contributed by atoms with E-state index in [9.17, 15) is 4.79 Å². The minimum absolute atomic E-state index is 0.326. The highest BCUT2D eigenvalue weighted by molar-refractivity contribution is 7.22. The smallest absolute Gasteiger partial charge is 0.338 e. The molecule has 1 N–H and O–H groups in total. The number of rotatable bonds is 4. The average molecular weight is 350 g/mol. The second-order valence-electron chi connectivity index (χ2n) is 5.29. The number of thiazole rings is 1. The van der Waals surface area contributed by atoms with E-state index in [1.54, 1.807) is 25.3 Å². The van der Waals surface area contributed by atoms with E-state index >= 15 is 0 Å². The standard InChI is InChI=1S/C18H14N4O2S/c1-2-24-17(23)11-7-8-14-15(9-11)25-18(21-14)22-16-10-19-12-5-3-4-6-13(12)20-16/h3-10H,2H2,1H3,(H,20,21,22). The van der Waals surface area contributed by atoms with E-state index in [1.165, 1.54) is 11.3 Å². The summed E-state index contributed by atoms with van der Waals surface area (Å²) < 4.78 is 5.94. The Hall–Kier alpha value is -3.06. The molecule has 0 atom stereocenters. The van der Waals surface area contributed by atoms with Crippen LogP contribution < -0.4 is 5.32 Å². The summed E-state index contributed by atoms with van der Waals surface area (Å²) in [6.45, 7) is 2.14. The summed E-state index contributed by atoms with van der Waals surface area (Å²) in [6, 6.07) is 13.0. The van der Waals surface area contributed by atoms with Gasteiger partial charge in [-0.2, -0.15) is 0 Å². The number of aromatic nitrogens is 3. The summed E-state index contributed by atoms with van der Waals surface area (Å²) >= 11 is 1.45. The van der Waals surface area contributed by atoms with Gasteiger partial charge in [0.1, 0.15) is 0 Å². The van der Waals surface area contributed by atoms with Gasteiger partial charge in [-0.05, 0) is 37.3 Å². The molecule has 124 valence electrons. The molecule has 0 aliphatic heterocycles. The van der Waals surface area contributed by atoms with Crippen LogP contribution in [0.25, 0.3) is 21.3 Å². The van der Waals surface area contributed by atoms with Crippen LogP contribution >= 0.6 is 11.3 Å². The summed E-state index contributed by atoms with van der Waals surface area (Å²) in [4.78, 5) is 25.3. The van der Waals surface area contributed by atoms with Crippen LogP contribution in [0.4, 0.5) is 10.9 Å². The molecule has 0 fully saturated rings. The third-order valence-corrected chi connectivity index (χ3v) is 4.52. The van der Waals surface area contributed by atoms with Crippen molar-refractivity contribution in [3.05, 3.63) is 54.2 Å². The first-order chi connectivity index (χ1) is 12.2. The van der Waals surface area contributed by atoms with Gasteiger partial charge >= 0.3 is 5.97 Å². The van der Waals surface area contributed by atoms with Crippen molar-refractivity contribution in [3.63, 3.8) is 0 Å². The van der Waals surface area contributed by atoms with E-state index in [0.29, 0.717) is 23.1 Å². The molecule has 0 aliphatic carbocycles. The fraction of sp³-hybridized carbons (Fsp3) is 0.111. The Labute approximate surface area is 147 Å². The van der Waals surface area contributed by atoms with Gasteiger partial charge in [0.05, 0.1) is 39.6 Å². The van der Waals surface area contributed by atoms with Crippen LogP contribution in [0.3, 0.4) is 0 Å². The minimum atomic E-state index is -0.326. The van der Waals surface area contributed by atoms with Crippen LogP contribution in [0.2, 0.25) is 0 Å². The second kappa shape index (κ2) is 6.45. The summed E-state index contributed by atoms with van der Waals surface area (Å²) in [7, 11) is 0. The maximum Gasteiger partial charge on any atom is 0.338 e. The first kappa shape index (κ1) is 15.5. The van der Waals surface area contributed by atoms with Gasteiger partial charge in [-0.15, -0.1) is 0 Å². The van der Waals surface area contributed by atoms with Gasteiger partial charge in [0.15, 0.2) is 10.9 Å². The molecule has 6 nitrogen and oxygen atoms in total. The Morgan fingerprint density at radius 2 is 1.96 bits per heavy atom. The zero-order chi connectivity index (χ0) is 17.2. The maximum absolute atomic E-state index is 11.8. The molecular weight excluding hydrogens is 336 g/mol. The van der Waals surface area contributed by atoms with Crippen LogP contribution in [0.1, 0.15) is 17.3 Å². The Bertz CT molecular complexity index is 1080. The first-order valence-corrected chi connectivity index (χ1v) is 8.61. The van der Waals surface area contributed by atoms with Crippen LogP contribution in [0.5, 0.6) is 0 Å². The van der Waals surface area contributed by atoms with Crippen molar-refractivity contribution in [2.24, 2.45) is 0 Å². The summed E-state index contributed by atoms with van der Waals surface area (Å²) in [6.07, 6.45) is 1.68. The molecule has 4 rings (SSSR count). The lowest BCUT2D eigenvalue weighted by Crippen LogP contribution is -2.03. The van der Waals surface area contributed by atoms with E-state index in [0.717, 1.165) is 21.3 Å². The van der Waals surface area contributed by atoms with Crippen molar-refractivity contribution in [1.29, 1.82) is 0 Å². The molecular formula is C18H14N4O2S. The molecule has 2 aromatic carbocycles. The molecule has 0 saturated carbocycles. The lowest BCUT2D eigenvalue weighted by Gasteiger charge is -2.02. The predicted molar refractivity (Wildman–Crippen MR) is 98.4 cm³/mol. The number of para-hydroxylation sites is 2. The lowest BCUT2D eigenvalue weighted by molar-refractivity contribution is 0.0526. The van der Waals surface area contributed by atoms with Crippen molar-refractivity contribution in [2.75, 3.05) is 11.9 Å². The number of fused-ring (bicyclic) bond motifs is 2. The van der Waals surface area contributed by atoms with Crippen LogP contribution in [0, 0.1) is 0 Å². The number of hydrogen-bond donors (Lipinski definition) is 1. The molecule has 4 aromatic rings. The molecule has 0 amide bonds. The number of benzene rings is 2. The number of ether oxygens (including phenoxy) is 1. The van der Waals surface area contributed by atoms with Crippen molar-refractivity contribution in [2.45, 2.75) is 6.92 Å². The van der Waals surface area contributed by atoms with Gasteiger partial charge in [-0.3, -0.25) is 4.98 Å². The topological polar surface area (TPSA) is 77.0 Å². The summed E-state index contributed by atoms with van der Waals surface area (Å²) in [5, 5.41) is 3.87. The lowest BCUT2D eigenvalue weighted by atomic mass is 10.2. The Kier molecular flexibility index (Phi) is 3.99. The Morgan fingerprint density at radius 1 is 1.12 bits per heavy atom. The highest BCUT2D eigenvalue weighted by Crippen LogP contribution is 2.29. The molecule has 0 radical (unpaired) electrons. The zero-order valence-electron chi connectivity index (χ0n) is 13.4. The van der Waals surface area contributed by atoms with Crippen LogP contribution in [-0.2, 0) is 4.74 Å². The first-order valence-electron chi connectivity index (χ1n) is 7.79. The zero-order valence-corrected chi connectivity index (χ0v) is 14.2. The van der Waals surface area contributed by atoms with Crippen molar-refractivity contribution in [1.82, 2.24) is 15.0 Å². The SMILES string of the molecule is CCOC(=O)c1ccc2nc(Nc3cnc4ccccc4n3)sc2c1. The van der Waals surface area contributed by atoms with E-state index in [4.69, 9.17) is 4.74 Å². The molecule has 7 heteroatoms. The predicted octanol–water partition coefficient (Wildman–Crippen LogP) is 4.16. The highest BCUT2D eigenvalue weighted by atomic mass is 32.1. The summed E-state index contributed by atoms with van der Waals surface area (Å²) in [5.41, 5.74) is 3.00. The second-order valence-corrected chi connectivity index (χ2v) is 6.32. The molecule has 25 heavy (non-hydrogen) atoms. The van der Waals surface area contributed by atoms with E-state index in [1.807, 2.05) is 30.3 Å². The third-order valence-electron chi connectivity index (χ3n) is 3.58. The third kappa shape index (κ3) is 3.14. The number of esters is 1. The molecule has 2 heterocycles. The normalized spacial score (nSPS) is 10.9. The quantitative estimate of drug-likeness (QED) is 0.557. The number of carbonyl (C=O) groups is 1. The van der Waals surface area contributed by atoms with Crippen molar-refractivity contribution in [3.8, 4) is 0 Å². The number of hydrogen-bond acceptors (Lipinski definition) is 7. The van der Waals surface area contributed by atoms with Gasteiger partial charge in [-0.25, -0.2) is 14.8 Å². The van der Waals surface area contributed by atoms with Crippen LogP contribution in [0.15, 0.2) is 48.7 Å². The molecule has 0 aliphatic rings. The van der Waals surface area contributed by atoms with E-state index in [-0.39, 0.29) is 5.97 Å². The summed E-state index contributed by atoms with van der Waals surface area (Å²) in [5.74, 6) is 0.302. The fourth-order valence-electron chi connectivity index (χ4n) is 2.45. The largest absolute Gasteiger partial charge is 0.462 e. The number of carbonyl (C=O) groups excluding carboxylic acids is 1. The van der Waals surface area contributed by atoms with Gasteiger partial charge in [0, 0.05) is 0 Å². The molecule has 2 aromatic heterocycles. The average Bonchev–Trinajstić information content (AvgIpc) is 3.03. The van der Waals surface area contributed by atoms with Gasteiger partial charge < -0.3 is 10.1 Å². The van der Waals surface area contributed by atoms with Gasteiger partial charge in [0.2, 0.25) is 0 Å². The molecule has 0 spiro atoms. The van der Waals surface area contributed by atoms with Crippen molar-refractivity contribution >= 4 is 49.5 Å². The van der Waals surface area contributed by atoms with Gasteiger partial charge in [0.25, 0.3) is 0 Å². The van der Waals surface area contributed by atoms with Crippen molar-refractivity contribution < 1.29 is 9.53 Å². The Balaban J connectivity index is 1.63.